The number of carbonyl (C=O) groups excluding carboxylic acids is 1. The number of hydrogen-bond donors (Lipinski definition) is 1. The Balaban J connectivity index is 2.04. The van der Waals surface area contributed by atoms with Crippen molar-refractivity contribution in [1.82, 2.24) is 14.9 Å². The number of rotatable bonds is 4. The van der Waals surface area contributed by atoms with Crippen LogP contribution in [0.2, 0.25) is 5.02 Å². The third-order valence-corrected chi connectivity index (χ3v) is 4.58. The van der Waals surface area contributed by atoms with E-state index in [-0.39, 0.29) is 24.4 Å². The normalized spacial score (nSPS) is 19.3. The summed E-state index contributed by atoms with van der Waals surface area (Å²) >= 11 is 6.33. The first-order chi connectivity index (χ1) is 13.0. The van der Waals surface area contributed by atoms with E-state index in [1.54, 1.807) is 23.1 Å². The standard InChI is InChI=1S/C19H18ClN5O2/c1-2-19(26)25-15(3-4-21)9-27-10-17(25)13-5-12(6-14(20)7-13)16-8-18(22)24-11-23-16/h2,5-8,11,15,17H,1,3,9-10H2,(H2,22,23,24)/t15-,17+/m1/s1. The van der Waals surface area contributed by atoms with E-state index >= 15 is 0 Å². The molecule has 27 heavy (non-hydrogen) atoms. The highest BCUT2D eigenvalue weighted by Gasteiger charge is 2.35. The van der Waals surface area contributed by atoms with Crippen LogP contribution >= 0.6 is 11.6 Å². The Morgan fingerprint density at radius 3 is 2.93 bits per heavy atom. The number of amides is 1. The molecule has 8 heteroatoms. The van der Waals surface area contributed by atoms with Crippen LogP contribution in [0.3, 0.4) is 0 Å². The Hall–Kier alpha value is -2.95. The quantitative estimate of drug-likeness (QED) is 0.814. The third-order valence-electron chi connectivity index (χ3n) is 4.36. The van der Waals surface area contributed by atoms with Crippen LogP contribution in [-0.2, 0) is 9.53 Å². The number of ether oxygens (including phenoxy) is 1. The average Bonchev–Trinajstić information content (AvgIpc) is 2.67. The van der Waals surface area contributed by atoms with Gasteiger partial charge in [0.05, 0.1) is 43.5 Å². The van der Waals surface area contributed by atoms with Crippen molar-refractivity contribution >= 4 is 23.3 Å². The number of nitrogen functional groups attached to an aromatic ring is 1. The molecule has 1 aromatic heterocycles. The van der Waals surface area contributed by atoms with E-state index in [1.807, 2.05) is 6.07 Å². The fraction of sp³-hybridized carbons (Fsp3) is 0.263. The minimum atomic E-state index is -0.390. The molecule has 0 unspecified atom stereocenters. The Kier molecular flexibility index (Phi) is 5.69. The van der Waals surface area contributed by atoms with Crippen molar-refractivity contribution in [3.8, 4) is 17.3 Å². The number of nitrogens with zero attached hydrogens (tertiary/aromatic N) is 4. The van der Waals surface area contributed by atoms with Crippen molar-refractivity contribution in [2.45, 2.75) is 18.5 Å². The van der Waals surface area contributed by atoms with Crippen LogP contribution in [0.5, 0.6) is 0 Å². The van der Waals surface area contributed by atoms with Crippen molar-refractivity contribution in [3.05, 3.63) is 53.8 Å². The van der Waals surface area contributed by atoms with Gasteiger partial charge in [0.25, 0.3) is 0 Å². The van der Waals surface area contributed by atoms with E-state index in [0.717, 1.165) is 11.1 Å². The molecule has 2 aromatic rings. The first-order valence-electron chi connectivity index (χ1n) is 8.31. The minimum Gasteiger partial charge on any atom is -0.384 e. The Labute approximate surface area is 162 Å². The zero-order valence-electron chi connectivity index (χ0n) is 14.5. The maximum absolute atomic E-state index is 12.5. The largest absolute Gasteiger partial charge is 0.384 e. The van der Waals surface area contributed by atoms with Crippen LogP contribution in [0.1, 0.15) is 18.0 Å². The van der Waals surface area contributed by atoms with Crippen LogP contribution in [0.15, 0.2) is 43.2 Å². The molecule has 7 nitrogen and oxygen atoms in total. The number of aromatic nitrogens is 2. The van der Waals surface area contributed by atoms with Crippen LogP contribution in [0.4, 0.5) is 5.82 Å². The molecule has 1 fully saturated rings. The highest BCUT2D eigenvalue weighted by Crippen LogP contribution is 2.33. The Morgan fingerprint density at radius 2 is 2.22 bits per heavy atom. The zero-order valence-corrected chi connectivity index (χ0v) is 15.3. The minimum absolute atomic E-state index is 0.173. The van der Waals surface area contributed by atoms with Gasteiger partial charge in [0.2, 0.25) is 5.91 Å². The lowest BCUT2D eigenvalue weighted by Gasteiger charge is -2.41. The first-order valence-corrected chi connectivity index (χ1v) is 8.69. The molecular weight excluding hydrogens is 366 g/mol. The average molecular weight is 384 g/mol. The molecule has 1 aliphatic heterocycles. The second kappa shape index (κ2) is 8.16. The molecule has 2 atom stereocenters. The van der Waals surface area contributed by atoms with E-state index in [4.69, 9.17) is 27.3 Å². The fourth-order valence-electron chi connectivity index (χ4n) is 3.17. The van der Waals surface area contributed by atoms with Gasteiger partial charge in [-0.05, 0) is 29.8 Å². The van der Waals surface area contributed by atoms with Gasteiger partial charge in [0.15, 0.2) is 0 Å². The van der Waals surface area contributed by atoms with E-state index < -0.39 is 0 Å². The van der Waals surface area contributed by atoms with Gasteiger partial charge in [-0.1, -0.05) is 18.2 Å². The molecule has 0 saturated carbocycles. The van der Waals surface area contributed by atoms with Crippen LogP contribution < -0.4 is 5.73 Å². The van der Waals surface area contributed by atoms with Gasteiger partial charge in [0, 0.05) is 16.7 Å². The predicted molar refractivity (Wildman–Crippen MR) is 102 cm³/mol. The maximum atomic E-state index is 12.5. The van der Waals surface area contributed by atoms with Crippen LogP contribution in [-0.4, -0.2) is 40.0 Å². The molecule has 2 heterocycles. The monoisotopic (exact) mass is 383 g/mol. The number of nitrogens with two attached hydrogens (primary N) is 1. The van der Waals surface area contributed by atoms with Crippen molar-refractivity contribution in [2.75, 3.05) is 18.9 Å². The van der Waals surface area contributed by atoms with E-state index in [9.17, 15) is 4.79 Å². The molecule has 0 radical (unpaired) electrons. The third kappa shape index (κ3) is 4.08. The summed E-state index contributed by atoms with van der Waals surface area (Å²) in [6.07, 6.45) is 2.80. The summed E-state index contributed by atoms with van der Waals surface area (Å²) in [7, 11) is 0. The lowest BCUT2D eigenvalue weighted by atomic mass is 9.98. The molecule has 138 valence electrons. The number of hydrogen-bond acceptors (Lipinski definition) is 6. The summed E-state index contributed by atoms with van der Waals surface area (Å²) in [6, 6.07) is 8.45. The Bertz CT molecular complexity index is 911. The summed E-state index contributed by atoms with van der Waals surface area (Å²) in [5, 5.41) is 9.59. The summed E-state index contributed by atoms with van der Waals surface area (Å²) in [4.78, 5) is 22.3. The lowest BCUT2D eigenvalue weighted by Crippen LogP contribution is -2.49. The number of carbonyl (C=O) groups is 1. The second-order valence-electron chi connectivity index (χ2n) is 6.12. The predicted octanol–water partition coefficient (Wildman–Crippen LogP) is 2.75. The van der Waals surface area contributed by atoms with Gasteiger partial charge in [-0.2, -0.15) is 5.26 Å². The Morgan fingerprint density at radius 1 is 1.41 bits per heavy atom. The summed E-state index contributed by atoms with van der Waals surface area (Å²) in [5.74, 6) is 0.0939. The fourth-order valence-corrected chi connectivity index (χ4v) is 3.42. The van der Waals surface area contributed by atoms with Crippen molar-refractivity contribution < 1.29 is 9.53 Å². The van der Waals surface area contributed by atoms with Crippen LogP contribution in [0, 0.1) is 11.3 Å². The maximum Gasteiger partial charge on any atom is 0.246 e. The molecule has 1 saturated heterocycles. The molecule has 1 aromatic carbocycles. The molecule has 1 aliphatic rings. The molecule has 0 bridgehead atoms. The number of halogens is 1. The highest BCUT2D eigenvalue weighted by molar-refractivity contribution is 6.31. The second-order valence-corrected chi connectivity index (χ2v) is 6.56. The van der Waals surface area contributed by atoms with Gasteiger partial charge < -0.3 is 15.4 Å². The number of nitriles is 1. The SMILES string of the molecule is C=CC(=O)N1[C@H](CC#N)COC[C@H]1c1cc(Cl)cc(-c2cc(N)ncn2)c1. The number of anilines is 1. The topological polar surface area (TPSA) is 105 Å². The van der Waals surface area contributed by atoms with E-state index in [1.165, 1.54) is 12.4 Å². The van der Waals surface area contributed by atoms with E-state index in [2.05, 4.69) is 22.6 Å². The molecule has 1 amide bonds. The van der Waals surface area contributed by atoms with E-state index in [0.29, 0.717) is 29.7 Å². The summed E-state index contributed by atoms with van der Waals surface area (Å²) in [5.41, 5.74) is 7.91. The van der Waals surface area contributed by atoms with Crippen molar-refractivity contribution in [1.29, 1.82) is 5.26 Å². The number of morpholine rings is 1. The van der Waals surface area contributed by atoms with Gasteiger partial charge in [-0.3, -0.25) is 4.79 Å². The molecule has 2 N–H and O–H groups in total. The smallest absolute Gasteiger partial charge is 0.246 e. The van der Waals surface area contributed by atoms with Gasteiger partial charge >= 0.3 is 0 Å². The first kappa shape index (κ1) is 18.8. The van der Waals surface area contributed by atoms with Crippen molar-refractivity contribution in [3.63, 3.8) is 0 Å². The lowest BCUT2D eigenvalue weighted by molar-refractivity contribution is -0.140. The van der Waals surface area contributed by atoms with Gasteiger partial charge in [-0.15, -0.1) is 0 Å². The van der Waals surface area contributed by atoms with Gasteiger partial charge in [0.1, 0.15) is 12.1 Å². The molecular formula is C19H18ClN5O2. The molecule has 3 rings (SSSR count). The van der Waals surface area contributed by atoms with Crippen LogP contribution in [0.25, 0.3) is 11.3 Å². The van der Waals surface area contributed by atoms with Gasteiger partial charge in [-0.25, -0.2) is 9.97 Å². The highest BCUT2D eigenvalue weighted by atomic mass is 35.5. The summed E-state index contributed by atoms with van der Waals surface area (Å²) in [6.45, 7) is 4.18. The molecule has 0 spiro atoms. The molecule has 0 aliphatic carbocycles. The number of benzene rings is 1. The summed E-state index contributed by atoms with van der Waals surface area (Å²) < 4.78 is 5.66. The van der Waals surface area contributed by atoms with Crippen molar-refractivity contribution in [2.24, 2.45) is 0 Å². The zero-order chi connectivity index (χ0) is 19.4.